The summed E-state index contributed by atoms with van der Waals surface area (Å²) in [4.78, 5) is 21.5. The van der Waals surface area contributed by atoms with Crippen LogP contribution >= 0.6 is 0 Å². The molecule has 0 radical (unpaired) electrons. The van der Waals surface area contributed by atoms with Crippen molar-refractivity contribution in [3.63, 3.8) is 0 Å². The van der Waals surface area contributed by atoms with E-state index in [9.17, 15) is 20.0 Å². The lowest BCUT2D eigenvalue weighted by Crippen LogP contribution is -2.18. The number of nitro benzene ring substituents is 1. The van der Waals surface area contributed by atoms with Gasteiger partial charge >= 0.3 is 5.97 Å². The van der Waals surface area contributed by atoms with Crippen LogP contribution in [0, 0.1) is 10.1 Å². The Morgan fingerprint density at radius 2 is 1.86 bits per heavy atom. The number of hydrogen-bond acceptors (Lipinski definition) is 5. The molecular formula is C15H13NO6. The maximum atomic E-state index is 11.4. The number of carboxylic acid groups (broad SMARTS) is 1. The molecule has 0 heterocycles. The number of nitrogens with zero attached hydrogens (tertiary/aromatic N) is 1. The van der Waals surface area contributed by atoms with Crippen LogP contribution in [0.1, 0.15) is 11.7 Å². The summed E-state index contributed by atoms with van der Waals surface area (Å²) in [6, 6.07) is 11.7. The summed E-state index contributed by atoms with van der Waals surface area (Å²) in [5, 5.41) is 20.0. The summed E-state index contributed by atoms with van der Waals surface area (Å²) in [5.41, 5.74) is 0.233. The van der Waals surface area contributed by atoms with Gasteiger partial charge in [-0.15, -0.1) is 0 Å². The number of carbonyl (C=O) groups is 1. The van der Waals surface area contributed by atoms with Crippen LogP contribution in [0.25, 0.3) is 0 Å². The van der Waals surface area contributed by atoms with E-state index in [1.165, 1.54) is 31.4 Å². The van der Waals surface area contributed by atoms with E-state index in [0.717, 1.165) is 0 Å². The molecule has 0 fully saturated rings. The van der Waals surface area contributed by atoms with Gasteiger partial charge in [-0.2, -0.15) is 0 Å². The summed E-state index contributed by atoms with van der Waals surface area (Å²) < 4.78 is 10.4. The smallest absolute Gasteiger partial charge is 0.349 e. The van der Waals surface area contributed by atoms with Crippen molar-refractivity contribution in [1.82, 2.24) is 0 Å². The number of non-ortho nitro benzene ring substituents is 1. The van der Waals surface area contributed by atoms with Gasteiger partial charge < -0.3 is 14.6 Å². The number of ether oxygens (including phenoxy) is 2. The lowest BCUT2D eigenvalue weighted by Gasteiger charge is -2.15. The quantitative estimate of drug-likeness (QED) is 0.650. The van der Waals surface area contributed by atoms with Gasteiger partial charge in [0.1, 0.15) is 11.5 Å². The van der Waals surface area contributed by atoms with Gasteiger partial charge in [0.25, 0.3) is 5.69 Å². The van der Waals surface area contributed by atoms with E-state index < -0.39 is 17.0 Å². The molecule has 22 heavy (non-hydrogen) atoms. The normalized spacial score (nSPS) is 11.5. The third kappa shape index (κ3) is 3.51. The van der Waals surface area contributed by atoms with Crippen molar-refractivity contribution in [3.05, 3.63) is 64.2 Å². The van der Waals surface area contributed by atoms with Crippen molar-refractivity contribution in [2.75, 3.05) is 7.11 Å². The topological polar surface area (TPSA) is 98.9 Å². The highest BCUT2D eigenvalue weighted by Crippen LogP contribution is 2.26. The Balaban J connectivity index is 2.27. The molecule has 0 saturated carbocycles. The fraction of sp³-hybridized carbons (Fsp3) is 0.133. The highest BCUT2D eigenvalue weighted by Gasteiger charge is 2.22. The number of carboxylic acids is 1. The molecule has 0 spiro atoms. The average Bonchev–Trinajstić information content (AvgIpc) is 2.53. The summed E-state index contributed by atoms with van der Waals surface area (Å²) in [5.74, 6) is -0.502. The van der Waals surface area contributed by atoms with Gasteiger partial charge in [0.2, 0.25) is 6.10 Å². The van der Waals surface area contributed by atoms with E-state index in [4.69, 9.17) is 9.47 Å². The van der Waals surface area contributed by atoms with Crippen LogP contribution in [0.4, 0.5) is 5.69 Å². The van der Waals surface area contributed by atoms with Crippen LogP contribution in [0.3, 0.4) is 0 Å². The maximum absolute atomic E-state index is 11.4. The van der Waals surface area contributed by atoms with E-state index >= 15 is 0 Å². The zero-order valence-corrected chi connectivity index (χ0v) is 11.6. The fourth-order valence-corrected chi connectivity index (χ4v) is 1.85. The Morgan fingerprint density at radius 3 is 2.41 bits per heavy atom. The number of aliphatic carboxylic acids is 1. The molecule has 7 nitrogen and oxygen atoms in total. The van der Waals surface area contributed by atoms with Gasteiger partial charge in [-0.05, 0) is 18.2 Å². The van der Waals surface area contributed by atoms with Crippen molar-refractivity contribution in [1.29, 1.82) is 0 Å². The summed E-state index contributed by atoms with van der Waals surface area (Å²) in [6.07, 6.45) is -1.27. The molecule has 0 bridgehead atoms. The maximum Gasteiger partial charge on any atom is 0.349 e. The molecule has 0 aliphatic carbocycles. The minimum absolute atomic E-state index is 0.109. The van der Waals surface area contributed by atoms with Crippen molar-refractivity contribution < 1.29 is 24.3 Å². The molecular weight excluding hydrogens is 290 g/mol. The van der Waals surface area contributed by atoms with Crippen LogP contribution in [0.5, 0.6) is 11.5 Å². The second kappa shape index (κ2) is 6.57. The Hall–Kier alpha value is -3.09. The second-order valence-electron chi connectivity index (χ2n) is 4.36. The molecule has 114 valence electrons. The lowest BCUT2D eigenvalue weighted by molar-refractivity contribution is -0.385. The van der Waals surface area contributed by atoms with Crippen molar-refractivity contribution in [2.24, 2.45) is 0 Å². The SMILES string of the molecule is COc1ccc(C(Oc2cccc([N+](=O)[O-])c2)C(=O)O)cc1. The molecule has 0 aliphatic heterocycles. The van der Waals surface area contributed by atoms with E-state index in [1.807, 2.05) is 0 Å². The zero-order chi connectivity index (χ0) is 16.1. The molecule has 1 unspecified atom stereocenters. The largest absolute Gasteiger partial charge is 0.497 e. The lowest BCUT2D eigenvalue weighted by atomic mass is 10.1. The first-order chi connectivity index (χ1) is 10.5. The predicted octanol–water partition coefficient (Wildman–Crippen LogP) is 2.81. The van der Waals surface area contributed by atoms with Crippen LogP contribution in [-0.2, 0) is 4.79 Å². The summed E-state index contributed by atoms with van der Waals surface area (Å²) >= 11 is 0. The highest BCUT2D eigenvalue weighted by atomic mass is 16.6. The molecule has 1 atom stereocenters. The number of nitro groups is 1. The van der Waals surface area contributed by atoms with Crippen LogP contribution in [0.2, 0.25) is 0 Å². The van der Waals surface area contributed by atoms with E-state index in [-0.39, 0.29) is 11.4 Å². The summed E-state index contributed by atoms with van der Waals surface area (Å²) in [7, 11) is 1.50. The van der Waals surface area contributed by atoms with Crippen LogP contribution in [-0.4, -0.2) is 23.1 Å². The fourth-order valence-electron chi connectivity index (χ4n) is 1.85. The molecule has 0 saturated heterocycles. The molecule has 0 amide bonds. The molecule has 2 aromatic carbocycles. The number of benzene rings is 2. The minimum atomic E-state index is -1.27. The van der Waals surface area contributed by atoms with Gasteiger partial charge in [-0.25, -0.2) is 4.79 Å². The van der Waals surface area contributed by atoms with Gasteiger partial charge in [0.15, 0.2) is 0 Å². The number of rotatable bonds is 6. The van der Waals surface area contributed by atoms with Crippen molar-refractivity contribution in [2.45, 2.75) is 6.10 Å². The Morgan fingerprint density at radius 1 is 1.18 bits per heavy atom. The van der Waals surface area contributed by atoms with Crippen LogP contribution in [0.15, 0.2) is 48.5 Å². The first-order valence-corrected chi connectivity index (χ1v) is 6.29. The molecule has 2 rings (SSSR count). The molecule has 0 aromatic heterocycles. The number of hydrogen-bond donors (Lipinski definition) is 1. The number of methoxy groups -OCH3 is 1. The highest BCUT2D eigenvalue weighted by molar-refractivity contribution is 5.75. The Bertz CT molecular complexity index is 683. The monoisotopic (exact) mass is 303 g/mol. The molecule has 2 aromatic rings. The third-order valence-electron chi connectivity index (χ3n) is 2.93. The van der Waals surface area contributed by atoms with E-state index in [2.05, 4.69) is 0 Å². The third-order valence-corrected chi connectivity index (χ3v) is 2.93. The second-order valence-corrected chi connectivity index (χ2v) is 4.36. The van der Waals surface area contributed by atoms with E-state index in [0.29, 0.717) is 11.3 Å². The first-order valence-electron chi connectivity index (χ1n) is 6.29. The van der Waals surface area contributed by atoms with Gasteiger partial charge in [-0.3, -0.25) is 10.1 Å². The van der Waals surface area contributed by atoms with Gasteiger partial charge in [0, 0.05) is 11.6 Å². The predicted molar refractivity (Wildman–Crippen MR) is 77.1 cm³/mol. The first kappa shape index (κ1) is 15.3. The van der Waals surface area contributed by atoms with Crippen molar-refractivity contribution in [3.8, 4) is 11.5 Å². The molecule has 1 N–H and O–H groups in total. The zero-order valence-electron chi connectivity index (χ0n) is 11.6. The van der Waals surface area contributed by atoms with Crippen molar-refractivity contribution >= 4 is 11.7 Å². The average molecular weight is 303 g/mol. The van der Waals surface area contributed by atoms with Crippen LogP contribution < -0.4 is 9.47 Å². The Labute approximate surface area is 125 Å². The van der Waals surface area contributed by atoms with Gasteiger partial charge in [0.05, 0.1) is 18.1 Å². The van der Waals surface area contributed by atoms with Gasteiger partial charge in [-0.1, -0.05) is 18.2 Å². The Kier molecular flexibility index (Phi) is 4.57. The molecule has 7 heteroatoms. The molecule has 0 aliphatic rings. The van der Waals surface area contributed by atoms with E-state index in [1.54, 1.807) is 24.3 Å². The standard InChI is InChI=1S/C15H13NO6/c1-21-12-7-5-10(6-8-12)14(15(17)18)22-13-4-2-3-11(9-13)16(19)20/h2-9,14H,1H3,(H,17,18). The summed E-state index contributed by atoms with van der Waals surface area (Å²) in [6.45, 7) is 0. The minimum Gasteiger partial charge on any atom is -0.497 e.